The molecule has 3 nitrogen and oxygen atoms in total. The topological polar surface area (TPSA) is 40.5 Å². The van der Waals surface area contributed by atoms with Crippen molar-refractivity contribution in [2.75, 3.05) is 20.1 Å². The normalized spacial score (nSPS) is 16.8. The molecule has 0 unspecified atom stereocenters. The molecule has 0 amide bonds. The number of rotatable bonds is 3. The van der Waals surface area contributed by atoms with Crippen LogP contribution in [0.1, 0.15) is 25.3 Å². The highest BCUT2D eigenvalue weighted by atomic mass is 32.2. The molecule has 24 heavy (non-hydrogen) atoms. The lowest BCUT2D eigenvalue weighted by Gasteiger charge is -2.37. The van der Waals surface area contributed by atoms with Crippen molar-refractivity contribution in [2.24, 2.45) is 0 Å². The number of carbonyl (C=O) groups is 1. The summed E-state index contributed by atoms with van der Waals surface area (Å²) in [7, 11) is 2.12. The number of piperidine rings is 1. The van der Waals surface area contributed by atoms with E-state index < -0.39 is 5.60 Å². The zero-order chi connectivity index (χ0) is 17.4. The SMILES string of the molecule is CC=O.CN1CCC(O)(c2ccccc2Sc2ccccc2)CC1. The van der Waals surface area contributed by atoms with E-state index in [4.69, 9.17) is 4.79 Å². The quantitative estimate of drug-likeness (QED) is 0.857. The number of aldehydes is 1. The standard InChI is InChI=1S/C18H21NOS.C2H4O/c1-19-13-11-18(20,12-14-19)16-9-5-6-10-17(16)21-15-7-3-2-4-8-15;1-2-3/h2-10,20H,11-14H2,1H3;2H,1H3. The van der Waals surface area contributed by atoms with Crippen LogP contribution in [-0.2, 0) is 10.4 Å². The molecule has 3 rings (SSSR count). The molecule has 128 valence electrons. The number of nitrogens with zero attached hydrogens (tertiary/aromatic N) is 1. The number of carbonyl (C=O) groups excluding carboxylic acids is 1. The maximum absolute atomic E-state index is 11.1. The number of hydrogen-bond acceptors (Lipinski definition) is 4. The lowest BCUT2D eigenvalue weighted by molar-refractivity contribution is -0.106. The Labute approximate surface area is 148 Å². The van der Waals surface area contributed by atoms with E-state index >= 15 is 0 Å². The van der Waals surface area contributed by atoms with Gasteiger partial charge in [0.05, 0.1) is 5.60 Å². The van der Waals surface area contributed by atoms with Gasteiger partial charge in [-0.3, -0.25) is 0 Å². The molecule has 1 saturated heterocycles. The summed E-state index contributed by atoms with van der Waals surface area (Å²) in [5, 5.41) is 11.1. The molecule has 0 saturated carbocycles. The van der Waals surface area contributed by atoms with Gasteiger partial charge in [-0.25, -0.2) is 0 Å². The summed E-state index contributed by atoms with van der Waals surface area (Å²) < 4.78 is 0. The average molecular weight is 343 g/mol. The maximum Gasteiger partial charge on any atom is 0.116 e. The molecule has 2 aromatic rings. The molecule has 0 atom stereocenters. The summed E-state index contributed by atoms with van der Waals surface area (Å²) in [4.78, 5) is 13.5. The molecule has 1 N–H and O–H groups in total. The van der Waals surface area contributed by atoms with Gasteiger partial charge in [-0.05, 0) is 50.6 Å². The molecular weight excluding hydrogens is 318 g/mol. The van der Waals surface area contributed by atoms with E-state index in [1.54, 1.807) is 11.8 Å². The summed E-state index contributed by atoms with van der Waals surface area (Å²) in [5.74, 6) is 0. The van der Waals surface area contributed by atoms with Crippen LogP contribution in [0, 0.1) is 0 Å². The predicted octanol–water partition coefficient (Wildman–Crippen LogP) is 3.96. The minimum atomic E-state index is -0.690. The fourth-order valence-corrected chi connectivity index (χ4v) is 3.88. The largest absolute Gasteiger partial charge is 0.385 e. The molecule has 2 aromatic carbocycles. The van der Waals surface area contributed by atoms with Gasteiger partial charge in [0.2, 0.25) is 0 Å². The van der Waals surface area contributed by atoms with Crippen molar-refractivity contribution < 1.29 is 9.90 Å². The Bertz CT molecular complexity index is 637. The van der Waals surface area contributed by atoms with Crippen molar-refractivity contribution in [3.8, 4) is 0 Å². The molecule has 1 aliphatic heterocycles. The van der Waals surface area contributed by atoms with Gasteiger partial charge in [0.25, 0.3) is 0 Å². The first-order valence-electron chi connectivity index (χ1n) is 8.22. The first-order valence-corrected chi connectivity index (χ1v) is 9.04. The average Bonchev–Trinajstić information content (AvgIpc) is 2.60. The Morgan fingerprint density at radius 1 is 1.04 bits per heavy atom. The Hall–Kier alpha value is -1.62. The molecule has 0 spiro atoms. The van der Waals surface area contributed by atoms with Crippen molar-refractivity contribution in [1.29, 1.82) is 0 Å². The second-order valence-corrected chi connectivity index (χ2v) is 7.10. The van der Waals surface area contributed by atoms with Gasteiger partial charge in [0.1, 0.15) is 6.29 Å². The Morgan fingerprint density at radius 2 is 1.58 bits per heavy atom. The van der Waals surface area contributed by atoms with Crippen LogP contribution in [0.5, 0.6) is 0 Å². The summed E-state index contributed by atoms with van der Waals surface area (Å²) >= 11 is 1.73. The third kappa shape index (κ3) is 4.94. The first-order chi connectivity index (χ1) is 11.6. The highest BCUT2D eigenvalue weighted by Gasteiger charge is 2.34. The fraction of sp³-hybridized carbons (Fsp3) is 0.350. The lowest BCUT2D eigenvalue weighted by atomic mass is 9.84. The van der Waals surface area contributed by atoms with Crippen molar-refractivity contribution >= 4 is 18.0 Å². The van der Waals surface area contributed by atoms with Crippen LogP contribution in [0.4, 0.5) is 0 Å². The van der Waals surface area contributed by atoms with E-state index in [0.717, 1.165) is 42.7 Å². The van der Waals surface area contributed by atoms with Crippen LogP contribution in [-0.4, -0.2) is 36.4 Å². The minimum Gasteiger partial charge on any atom is -0.385 e. The van der Waals surface area contributed by atoms with Crippen LogP contribution in [0.2, 0.25) is 0 Å². The second kappa shape index (κ2) is 9.02. The molecule has 1 fully saturated rings. The predicted molar refractivity (Wildman–Crippen MR) is 99.4 cm³/mol. The maximum atomic E-state index is 11.1. The number of benzene rings is 2. The van der Waals surface area contributed by atoms with E-state index in [0.29, 0.717) is 0 Å². The van der Waals surface area contributed by atoms with E-state index in [9.17, 15) is 5.11 Å². The molecule has 0 bridgehead atoms. The van der Waals surface area contributed by atoms with Gasteiger partial charge in [-0.1, -0.05) is 48.2 Å². The lowest BCUT2D eigenvalue weighted by Crippen LogP contribution is -2.41. The van der Waals surface area contributed by atoms with Gasteiger partial charge in [0, 0.05) is 22.9 Å². The number of aliphatic hydroxyl groups is 1. The smallest absolute Gasteiger partial charge is 0.116 e. The van der Waals surface area contributed by atoms with Crippen LogP contribution < -0.4 is 0 Å². The molecule has 0 aliphatic carbocycles. The third-order valence-corrected chi connectivity index (χ3v) is 5.26. The zero-order valence-electron chi connectivity index (χ0n) is 14.3. The fourth-order valence-electron chi connectivity index (χ4n) is 2.81. The van der Waals surface area contributed by atoms with E-state index in [1.165, 1.54) is 11.8 Å². The first kappa shape index (κ1) is 18.7. The highest BCUT2D eigenvalue weighted by Crippen LogP contribution is 2.40. The van der Waals surface area contributed by atoms with Crippen molar-refractivity contribution in [3.05, 3.63) is 60.2 Å². The summed E-state index contributed by atoms with van der Waals surface area (Å²) in [5.41, 5.74) is 0.386. The Kier molecular flexibility index (Phi) is 7.03. The van der Waals surface area contributed by atoms with Gasteiger partial charge < -0.3 is 14.8 Å². The number of hydrogen-bond donors (Lipinski definition) is 1. The highest BCUT2D eigenvalue weighted by molar-refractivity contribution is 7.99. The van der Waals surface area contributed by atoms with Gasteiger partial charge >= 0.3 is 0 Å². The van der Waals surface area contributed by atoms with Crippen molar-refractivity contribution in [3.63, 3.8) is 0 Å². The van der Waals surface area contributed by atoms with Crippen LogP contribution in [0.15, 0.2) is 64.4 Å². The van der Waals surface area contributed by atoms with Gasteiger partial charge in [-0.2, -0.15) is 0 Å². The number of likely N-dealkylation sites (tertiary alicyclic amines) is 1. The van der Waals surface area contributed by atoms with E-state index in [-0.39, 0.29) is 0 Å². The Morgan fingerprint density at radius 3 is 2.21 bits per heavy atom. The molecular formula is C20H25NO2S. The second-order valence-electron chi connectivity index (χ2n) is 5.98. The summed E-state index contributed by atoms with van der Waals surface area (Å²) in [6.45, 7) is 3.33. The Balaban J connectivity index is 0.000000647. The molecule has 4 heteroatoms. The zero-order valence-corrected chi connectivity index (χ0v) is 15.1. The van der Waals surface area contributed by atoms with Gasteiger partial charge in [0.15, 0.2) is 0 Å². The third-order valence-electron chi connectivity index (χ3n) is 4.17. The summed E-state index contributed by atoms with van der Waals surface area (Å²) in [6, 6.07) is 18.6. The minimum absolute atomic E-state index is 0.690. The van der Waals surface area contributed by atoms with E-state index in [2.05, 4.69) is 48.3 Å². The molecule has 1 aliphatic rings. The van der Waals surface area contributed by atoms with E-state index in [1.807, 2.05) is 18.2 Å². The van der Waals surface area contributed by atoms with Crippen LogP contribution >= 0.6 is 11.8 Å². The van der Waals surface area contributed by atoms with Crippen molar-refractivity contribution in [2.45, 2.75) is 35.2 Å². The molecule has 0 aromatic heterocycles. The molecule has 0 radical (unpaired) electrons. The van der Waals surface area contributed by atoms with Crippen molar-refractivity contribution in [1.82, 2.24) is 4.90 Å². The molecule has 1 heterocycles. The summed E-state index contributed by atoms with van der Waals surface area (Å²) in [6.07, 6.45) is 2.35. The van der Waals surface area contributed by atoms with Gasteiger partial charge in [-0.15, -0.1) is 0 Å². The van der Waals surface area contributed by atoms with Crippen LogP contribution in [0.3, 0.4) is 0 Å². The monoisotopic (exact) mass is 343 g/mol. The van der Waals surface area contributed by atoms with Crippen LogP contribution in [0.25, 0.3) is 0 Å².